The normalized spacial score (nSPS) is 12.4. The Labute approximate surface area is 115 Å². The van der Waals surface area contributed by atoms with Crippen molar-refractivity contribution < 1.29 is 19.4 Å². The Bertz CT molecular complexity index is 443. The second-order valence-corrected chi connectivity index (χ2v) is 5.05. The summed E-state index contributed by atoms with van der Waals surface area (Å²) < 4.78 is 10.6. The lowest BCUT2D eigenvalue weighted by atomic mass is 9.99. The fourth-order valence-corrected chi connectivity index (χ4v) is 2.47. The number of rotatable bonds is 4. The zero-order valence-corrected chi connectivity index (χ0v) is 12.4. The van der Waals surface area contributed by atoms with Crippen molar-refractivity contribution in [2.75, 3.05) is 14.2 Å². The third-order valence-corrected chi connectivity index (χ3v) is 3.38. The molecule has 0 bridgehead atoms. The van der Waals surface area contributed by atoms with Gasteiger partial charge in [0.15, 0.2) is 6.10 Å². The average Bonchev–Trinajstić information content (AvgIpc) is 2.36. The van der Waals surface area contributed by atoms with E-state index in [-0.39, 0.29) is 0 Å². The van der Waals surface area contributed by atoms with Crippen molar-refractivity contribution in [1.82, 2.24) is 0 Å². The molecule has 4 nitrogen and oxygen atoms in total. The molecule has 0 heterocycles. The number of hydrogen-bond donors (Lipinski definition) is 1. The van der Waals surface area contributed by atoms with Crippen LogP contribution in [0, 0.1) is 0 Å². The van der Waals surface area contributed by atoms with Crippen molar-refractivity contribution in [2.45, 2.75) is 25.9 Å². The van der Waals surface area contributed by atoms with Gasteiger partial charge < -0.3 is 14.6 Å². The highest BCUT2D eigenvalue weighted by atomic mass is 79.9. The van der Waals surface area contributed by atoms with Crippen LogP contribution in [0.25, 0.3) is 0 Å². The molecule has 0 radical (unpaired) electrons. The van der Waals surface area contributed by atoms with Crippen molar-refractivity contribution in [2.24, 2.45) is 0 Å². The molecule has 0 aromatic heterocycles. The Balaban J connectivity index is 3.28. The summed E-state index contributed by atoms with van der Waals surface area (Å²) in [7, 11) is 2.73. The van der Waals surface area contributed by atoms with Crippen LogP contribution < -0.4 is 4.74 Å². The molecule has 1 rings (SSSR count). The maximum Gasteiger partial charge on any atom is 0.339 e. The molecular formula is C13H17BrO4. The summed E-state index contributed by atoms with van der Waals surface area (Å²) >= 11 is 3.43. The first-order chi connectivity index (χ1) is 8.42. The van der Waals surface area contributed by atoms with E-state index in [1.165, 1.54) is 14.2 Å². The van der Waals surface area contributed by atoms with Gasteiger partial charge in [-0.2, -0.15) is 0 Å². The highest BCUT2D eigenvalue weighted by Gasteiger charge is 2.23. The molecule has 100 valence electrons. The summed E-state index contributed by atoms with van der Waals surface area (Å²) in [5, 5.41) is 9.88. The Hall–Kier alpha value is -1.07. The van der Waals surface area contributed by atoms with Gasteiger partial charge in [-0.1, -0.05) is 29.8 Å². The van der Waals surface area contributed by atoms with Gasteiger partial charge >= 0.3 is 5.97 Å². The lowest BCUT2D eigenvalue weighted by molar-refractivity contribution is -0.150. The molecule has 0 aliphatic rings. The Morgan fingerprint density at radius 2 is 1.89 bits per heavy atom. The van der Waals surface area contributed by atoms with Crippen LogP contribution in [0.1, 0.15) is 37.0 Å². The highest BCUT2D eigenvalue weighted by molar-refractivity contribution is 9.10. The molecule has 0 fully saturated rings. The maximum atomic E-state index is 11.4. The van der Waals surface area contributed by atoms with Gasteiger partial charge in [0, 0.05) is 10.0 Å². The lowest BCUT2D eigenvalue weighted by Gasteiger charge is -2.17. The smallest absolute Gasteiger partial charge is 0.339 e. The predicted molar refractivity (Wildman–Crippen MR) is 71.8 cm³/mol. The third kappa shape index (κ3) is 3.03. The summed E-state index contributed by atoms with van der Waals surface area (Å²) in [4.78, 5) is 11.4. The van der Waals surface area contributed by atoms with Crippen LogP contribution in [0.15, 0.2) is 16.6 Å². The summed E-state index contributed by atoms with van der Waals surface area (Å²) in [5.41, 5.74) is 1.44. The zero-order chi connectivity index (χ0) is 13.9. The number of aliphatic hydroxyl groups is 1. The number of carbonyl (C=O) groups excluding carboxylic acids is 1. The van der Waals surface area contributed by atoms with Crippen molar-refractivity contribution >= 4 is 21.9 Å². The van der Waals surface area contributed by atoms with E-state index in [0.717, 1.165) is 10.0 Å². The first kappa shape index (κ1) is 15.0. The van der Waals surface area contributed by atoms with Gasteiger partial charge in [-0.25, -0.2) is 4.79 Å². The number of halogens is 1. The van der Waals surface area contributed by atoms with E-state index in [2.05, 4.69) is 34.5 Å². The molecule has 18 heavy (non-hydrogen) atoms. The van der Waals surface area contributed by atoms with Crippen LogP contribution in [0.4, 0.5) is 0 Å². The third-order valence-electron chi connectivity index (χ3n) is 2.69. The predicted octanol–water partition coefficient (Wildman–Crippen LogP) is 2.79. The van der Waals surface area contributed by atoms with Crippen LogP contribution in [-0.4, -0.2) is 25.3 Å². The molecule has 1 N–H and O–H groups in total. The molecular weight excluding hydrogens is 300 g/mol. The van der Waals surface area contributed by atoms with E-state index in [9.17, 15) is 9.90 Å². The molecule has 1 unspecified atom stereocenters. The minimum absolute atomic E-state index is 0.303. The van der Waals surface area contributed by atoms with Crippen LogP contribution in [0.3, 0.4) is 0 Å². The van der Waals surface area contributed by atoms with E-state index in [0.29, 0.717) is 17.2 Å². The van der Waals surface area contributed by atoms with Crippen LogP contribution in [0.5, 0.6) is 5.75 Å². The number of aliphatic hydroxyl groups excluding tert-OH is 1. The molecule has 0 saturated heterocycles. The van der Waals surface area contributed by atoms with Crippen molar-refractivity contribution in [3.05, 3.63) is 27.7 Å². The summed E-state index contributed by atoms with van der Waals surface area (Å²) in [6.45, 7) is 4.10. The van der Waals surface area contributed by atoms with Gasteiger partial charge in [-0.05, 0) is 23.6 Å². The number of methoxy groups -OCH3 is 2. The molecule has 0 saturated carbocycles. The van der Waals surface area contributed by atoms with Crippen molar-refractivity contribution in [1.29, 1.82) is 0 Å². The molecule has 0 amide bonds. The highest BCUT2D eigenvalue weighted by Crippen LogP contribution is 2.35. The van der Waals surface area contributed by atoms with Gasteiger partial charge in [0.1, 0.15) is 5.75 Å². The topological polar surface area (TPSA) is 55.8 Å². The van der Waals surface area contributed by atoms with E-state index in [1.807, 2.05) is 6.07 Å². The molecule has 0 aliphatic heterocycles. The molecule has 5 heteroatoms. The fraction of sp³-hybridized carbons (Fsp3) is 0.462. The Morgan fingerprint density at radius 3 is 2.33 bits per heavy atom. The van der Waals surface area contributed by atoms with Crippen molar-refractivity contribution in [3.63, 3.8) is 0 Å². The van der Waals surface area contributed by atoms with E-state index < -0.39 is 12.1 Å². The summed E-state index contributed by atoms with van der Waals surface area (Å²) in [6, 6.07) is 3.51. The van der Waals surface area contributed by atoms with Crippen LogP contribution in [-0.2, 0) is 9.53 Å². The second-order valence-electron chi connectivity index (χ2n) is 4.20. The van der Waals surface area contributed by atoms with Crippen LogP contribution in [0.2, 0.25) is 0 Å². The first-order valence-corrected chi connectivity index (χ1v) is 6.34. The number of hydrogen-bond acceptors (Lipinski definition) is 4. The number of ether oxygens (including phenoxy) is 2. The average molecular weight is 317 g/mol. The van der Waals surface area contributed by atoms with Gasteiger partial charge in [0.2, 0.25) is 0 Å². The first-order valence-electron chi connectivity index (χ1n) is 5.55. The summed E-state index contributed by atoms with van der Waals surface area (Å²) in [5.74, 6) is 0.0647. The monoisotopic (exact) mass is 316 g/mol. The SMILES string of the molecule is COC(=O)C(O)c1cc(Br)c(C(C)C)cc1OC. The molecule has 1 atom stereocenters. The fourth-order valence-electron chi connectivity index (χ4n) is 1.66. The minimum Gasteiger partial charge on any atom is -0.496 e. The lowest BCUT2D eigenvalue weighted by Crippen LogP contribution is -2.14. The van der Waals surface area contributed by atoms with E-state index in [1.54, 1.807) is 6.07 Å². The standard InChI is InChI=1S/C13H17BrO4/c1-7(2)8-6-11(17-3)9(5-10(8)14)12(15)13(16)18-4/h5-7,12,15H,1-4H3. The minimum atomic E-state index is -1.34. The molecule has 1 aromatic rings. The molecule has 1 aromatic carbocycles. The quantitative estimate of drug-likeness (QED) is 0.868. The van der Waals surface area contributed by atoms with Gasteiger partial charge in [-0.3, -0.25) is 0 Å². The number of carbonyl (C=O) groups is 1. The second kappa shape index (κ2) is 6.20. The molecule has 0 aliphatic carbocycles. The summed E-state index contributed by atoms with van der Waals surface area (Å²) in [6.07, 6.45) is -1.34. The largest absolute Gasteiger partial charge is 0.496 e. The Morgan fingerprint density at radius 1 is 1.28 bits per heavy atom. The van der Waals surface area contributed by atoms with Crippen molar-refractivity contribution in [3.8, 4) is 5.75 Å². The zero-order valence-electron chi connectivity index (χ0n) is 10.9. The van der Waals surface area contributed by atoms with E-state index in [4.69, 9.17) is 4.74 Å². The van der Waals surface area contributed by atoms with Gasteiger partial charge in [0.25, 0.3) is 0 Å². The number of esters is 1. The number of benzene rings is 1. The van der Waals surface area contributed by atoms with Gasteiger partial charge in [-0.15, -0.1) is 0 Å². The maximum absolute atomic E-state index is 11.4. The molecule has 0 spiro atoms. The van der Waals surface area contributed by atoms with E-state index >= 15 is 0 Å². The van der Waals surface area contributed by atoms with Crippen LogP contribution >= 0.6 is 15.9 Å². The van der Waals surface area contributed by atoms with Gasteiger partial charge in [0.05, 0.1) is 14.2 Å². The Kier molecular flexibility index (Phi) is 5.16.